The highest BCUT2D eigenvalue weighted by Gasteiger charge is 2.19. The maximum atomic E-state index is 12.6. The van der Waals surface area contributed by atoms with Gasteiger partial charge >= 0.3 is 6.09 Å². The lowest BCUT2D eigenvalue weighted by Gasteiger charge is -2.32. The largest absolute Gasteiger partial charge is 0.453 e. The molecule has 6 heteroatoms. The Bertz CT molecular complexity index is 440. The average molecular weight is 297 g/mol. The zero-order chi connectivity index (χ0) is 15.8. The van der Waals surface area contributed by atoms with E-state index in [9.17, 15) is 9.18 Å². The van der Waals surface area contributed by atoms with Gasteiger partial charge in [0.1, 0.15) is 5.82 Å². The molecule has 5 nitrogen and oxygen atoms in total. The molecule has 1 aliphatic heterocycles. The van der Waals surface area contributed by atoms with Gasteiger partial charge in [0.25, 0.3) is 0 Å². The monoisotopic (exact) mass is 297 g/mol. The highest BCUT2D eigenvalue weighted by molar-refractivity contribution is 5.67. The molecule has 0 saturated carbocycles. The molecule has 0 radical (unpaired) electrons. The van der Waals surface area contributed by atoms with Gasteiger partial charge in [-0.15, -0.1) is 0 Å². The van der Waals surface area contributed by atoms with Crippen LogP contribution in [0.4, 0.5) is 14.9 Å². The quantitative estimate of drug-likeness (QED) is 0.807. The van der Waals surface area contributed by atoms with E-state index in [0.29, 0.717) is 5.56 Å². The summed E-state index contributed by atoms with van der Waals surface area (Å²) >= 11 is 0. The van der Waals surface area contributed by atoms with Crippen LogP contribution >= 0.6 is 0 Å². The van der Waals surface area contributed by atoms with Gasteiger partial charge in [0.15, 0.2) is 0 Å². The van der Waals surface area contributed by atoms with Crippen molar-refractivity contribution in [3.63, 3.8) is 0 Å². The Morgan fingerprint density at radius 3 is 2.38 bits per heavy atom. The van der Waals surface area contributed by atoms with Gasteiger partial charge in [-0.2, -0.15) is 0 Å². The SMILES string of the molecule is CCN1CCN(C(=O)OC)CC1.Cc1cccc(N)c1F. The molecule has 118 valence electrons. The summed E-state index contributed by atoms with van der Waals surface area (Å²) in [7, 11) is 1.43. The summed E-state index contributed by atoms with van der Waals surface area (Å²) in [6, 6.07) is 4.96. The minimum atomic E-state index is -0.308. The number of anilines is 1. The summed E-state index contributed by atoms with van der Waals surface area (Å²) in [5.41, 5.74) is 6.06. The van der Waals surface area contributed by atoms with Crippen molar-refractivity contribution in [3.05, 3.63) is 29.6 Å². The van der Waals surface area contributed by atoms with Crippen LogP contribution in [0, 0.1) is 12.7 Å². The second kappa shape index (κ2) is 8.46. The van der Waals surface area contributed by atoms with Crippen LogP contribution in [0.25, 0.3) is 0 Å². The van der Waals surface area contributed by atoms with Gasteiger partial charge < -0.3 is 20.3 Å². The fourth-order valence-corrected chi connectivity index (χ4v) is 2.05. The van der Waals surface area contributed by atoms with Crippen molar-refractivity contribution < 1.29 is 13.9 Å². The number of rotatable bonds is 1. The number of ether oxygens (including phenoxy) is 1. The Kier molecular flexibility index (Phi) is 6.94. The maximum Gasteiger partial charge on any atom is 0.409 e. The van der Waals surface area contributed by atoms with E-state index in [0.717, 1.165) is 32.7 Å². The number of amides is 1. The van der Waals surface area contributed by atoms with Gasteiger partial charge in [-0.25, -0.2) is 9.18 Å². The highest BCUT2D eigenvalue weighted by atomic mass is 19.1. The number of methoxy groups -OCH3 is 1. The molecule has 0 atom stereocenters. The molecule has 0 aromatic heterocycles. The summed E-state index contributed by atoms with van der Waals surface area (Å²) in [6.45, 7) is 8.40. The van der Waals surface area contributed by atoms with E-state index in [1.807, 2.05) is 0 Å². The molecule has 0 spiro atoms. The second-order valence-electron chi connectivity index (χ2n) is 4.87. The van der Waals surface area contributed by atoms with Crippen LogP contribution in [-0.4, -0.2) is 55.7 Å². The number of likely N-dealkylation sites (N-methyl/N-ethyl adjacent to an activating group) is 1. The number of carbonyl (C=O) groups is 1. The summed E-state index contributed by atoms with van der Waals surface area (Å²) in [6.07, 6.45) is -0.203. The first-order chi connectivity index (χ1) is 9.99. The number of nitrogens with zero attached hydrogens (tertiary/aromatic N) is 2. The molecular weight excluding hydrogens is 273 g/mol. The van der Waals surface area contributed by atoms with E-state index < -0.39 is 0 Å². The summed E-state index contributed by atoms with van der Waals surface area (Å²) in [4.78, 5) is 15.1. The van der Waals surface area contributed by atoms with E-state index in [2.05, 4.69) is 16.6 Å². The highest BCUT2D eigenvalue weighted by Crippen LogP contribution is 2.12. The van der Waals surface area contributed by atoms with Gasteiger partial charge in [-0.3, -0.25) is 0 Å². The Balaban J connectivity index is 0.000000219. The van der Waals surface area contributed by atoms with E-state index in [1.54, 1.807) is 30.0 Å². The molecule has 0 unspecified atom stereocenters. The number of aryl methyl sites for hydroxylation is 1. The van der Waals surface area contributed by atoms with Crippen LogP contribution < -0.4 is 5.73 Å². The fraction of sp³-hybridized carbons (Fsp3) is 0.533. The Hall–Kier alpha value is -1.82. The van der Waals surface area contributed by atoms with Crippen LogP contribution in [0.1, 0.15) is 12.5 Å². The molecule has 0 bridgehead atoms. The minimum Gasteiger partial charge on any atom is -0.453 e. The van der Waals surface area contributed by atoms with Crippen LogP contribution in [0.15, 0.2) is 18.2 Å². The number of hydrogen-bond donors (Lipinski definition) is 1. The molecule has 2 rings (SSSR count). The topological polar surface area (TPSA) is 58.8 Å². The Morgan fingerprint density at radius 2 is 1.95 bits per heavy atom. The predicted octanol–water partition coefficient (Wildman–Crippen LogP) is 2.11. The lowest BCUT2D eigenvalue weighted by molar-refractivity contribution is 0.0927. The number of benzene rings is 1. The van der Waals surface area contributed by atoms with Crippen molar-refractivity contribution in [1.29, 1.82) is 0 Å². The Labute approximate surface area is 125 Å². The smallest absolute Gasteiger partial charge is 0.409 e. The van der Waals surface area contributed by atoms with Crippen LogP contribution in [-0.2, 0) is 4.74 Å². The predicted molar refractivity (Wildman–Crippen MR) is 81.6 cm³/mol. The number of piperazine rings is 1. The van der Waals surface area contributed by atoms with Gasteiger partial charge in [0.05, 0.1) is 12.8 Å². The number of nitrogens with two attached hydrogens (primary N) is 1. The lowest BCUT2D eigenvalue weighted by atomic mass is 10.2. The number of carbonyl (C=O) groups excluding carboxylic acids is 1. The normalized spacial score (nSPS) is 15.1. The van der Waals surface area contributed by atoms with E-state index in [4.69, 9.17) is 5.73 Å². The maximum absolute atomic E-state index is 12.6. The van der Waals surface area contributed by atoms with Gasteiger partial charge in [0, 0.05) is 26.2 Å². The molecule has 21 heavy (non-hydrogen) atoms. The molecular formula is C15H24FN3O2. The molecule has 1 aromatic carbocycles. The first kappa shape index (κ1) is 17.2. The van der Waals surface area contributed by atoms with Crippen LogP contribution in [0.3, 0.4) is 0 Å². The average Bonchev–Trinajstić information content (AvgIpc) is 2.52. The molecule has 0 aliphatic carbocycles. The van der Waals surface area contributed by atoms with E-state index >= 15 is 0 Å². The molecule has 1 heterocycles. The molecule has 1 aliphatic rings. The van der Waals surface area contributed by atoms with Crippen molar-refractivity contribution in [1.82, 2.24) is 9.80 Å². The number of nitrogen functional groups attached to an aromatic ring is 1. The zero-order valence-corrected chi connectivity index (χ0v) is 12.9. The first-order valence-electron chi connectivity index (χ1n) is 7.05. The fourth-order valence-electron chi connectivity index (χ4n) is 2.05. The molecule has 2 N–H and O–H groups in total. The molecule has 1 saturated heterocycles. The lowest BCUT2D eigenvalue weighted by Crippen LogP contribution is -2.48. The van der Waals surface area contributed by atoms with Gasteiger partial charge in [-0.1, -0.05) is 19.1 Å². The summed E-state index contributed by atoms with van der Waals surface area (Å²) in [5, 5.41) is 0. The van der Waals surface area contributed by atoms with Crippen molar-refractivity contribution in [2.45, 2.75) is 13.8 Å². The third kappa shape index (κ3) is 5.23. The van der Waals surface area contributed by atoms with Gasteiger partial charge in [-0.05, 0) is 25.1 Å². The minimum absolute atomic E-state index is 0.203. The van der Waals surface area contributed by atoms with Crippen LogP contribution in [0.2, 0.25) is 0 Å². The molecule has 1 amide bonds. The van der Waals surface area contributed by atoms with Gasteiger partial charge in [0.2, 0.25) is 0 Å². The van der Waals surface area contributed by atoms with Crippen molar-refractivity contribution in [2.24, 2.45) is 0 Å². The third-order valence-corrected chi connectivity index (χ3v) is 3.47. The van der Waals surface area contributed by atoms with E-state index in [1.165, 1.54) is 7.11 Å². The zero-order valence-electron chi connectivity index (χ0n) is 12.9. The Morgan fingerprint density at radius 1 is 1.33 bits per heavy atom. The van der Waals surface area contributed by atoms with Crippen molar-refractivity contribution in [2.75, 3.05) is 45.6 Å². The van der Waals surface area contributed by atoms with Crippen molar-refractivity contribution in [3.8, 4) is 0 Å². The first-order valence-corrected chi connectivity index (χ1v) is 7.05. The molecule has 1 fully saturated rings. The van der Waals surface area contributed by atoms with Crippen molar-refractivity contribution >= 4 is 11.8 Å². The van der Waals surface area contributed by atoms with E-state index in [-0.39, 0.29) is 17.6 Å². The molecule has 1 aromatic rings. The summed E-state index contributed by atoms with van der Waals surface area (Å²) < 4.78 is 17.2. The third-order valence-electron chi connectivity index (χ3n) is 3.47. The number of hydrogen-bond acceptors (Lipinski definition) is 4. The standard InChI is InChI=1S/C8H16N2O2.C7H8FN/c1-3-9-4-6-10(7-5-9)8(11)12-2;1-5-3-2-4-6(9)7(5)8/h3-7H2,1-2H3;2-4H,9H2,1H3. The van der Waals surface area contributed by atoms with Crippen LogP contribution in [0.5, 0.6) is 0 Å². The number of halogens is 1. The second-order valence-corrected chi connectivity index (χ2v) is 4.87. The summed E-state index contributed by atoms with van der Waals surface area (Å²) in [5.74, 6) is -0.308.